The van der Waals surface area contributed by atoms with Crippen LogP contribution in [-0.2, 0) is 21.4 Å². The summed E-state index contributed by atoms with van der Waals surface area (Å²) in [6.07, 6.45) is -5.76. The monoisotopic (exact) mass is 1200 g/mol. The number of hydrogen-bond acceptors (Lipinski definition) is 11. The van der Waals surface area contributed by atoms with Crippen molar-refractivity contribution in [1.29, 1.82) is 5.26 Å². The predicted molar refractivity (Wildman–Crippen MR) is 285 cm³/mol. The normalized spacial score (nSPS) is 12.5. The van der Waals surface area contributed by atoms with Gasteiger partial charge in [0.05, 0.1) is 59.2 Å². The van der Waals surface area contributed by atoms with Crippen molar-refractivity contribution in [1.82, 2.24) is 29.1 Å². The van der Waals surface area contributed by atoms with Gasteiger partial charge in [0, 0.05) is 64.8 Å². The standard InChI is InChI=1S/C35H24F6N3O4P.C24H14F6N4O2/c36-22-18-28(37)32(29(38)19-22)31(15-17-47-49(46,24-8-3-1-4-9-24)25-10-5-2-6-11-25)44-21-43-33(45)26-20-23(13-14-30(26)44)48-34-27(35(39,40)41)12-7-16-42-34;25-13-9-17(26)21(18(27)10-13)20(4-1-7-31)34-12-33-22(35)15-11-14(5-6-19(15)34)36-23-16(24(28,29)30)3-2-8-32-23/h1-14,16,18-21,31H,15,17H2;2-3,5-6,8-12,20H,1,4H2/t31-;20-/m11/s1. The van der Waals surface area contributed by atoms with E-state index in [9.17, 15) is 58.1 Å². The van der Waals surface area contributed by atoms with E-state index in [1.807, 2.05) is 6.07 Å². The first-order chi connectivity index (χ1) is 40.5. The molecule has 0 spiro atoms. The molecular weight excluding hydrogens is 1160 g/mol. The van der Waals surface area contributed by atoms with Gasteiger partial charge in [-0.2, -0.15) is 41.6 Å². The molecule has 10 aromatic rings. The number of halogens is 12. The van der Waals surface area contributed by atoms with Crippen LogP contribution in [0.15, 0.2) is 180 Å². The Labute approximate surface area is 472 Å². The van der Waals surface area contributed by atoms with Crippen molar-refractivity contribution < 1.29 is 71.2 Å². The van der Waals surface area contributed by atoms with Crippen molar-refractivity contribution in [3.63, 3.8) is 0 Å². The molecule has 0 aliphatic carbocycles. The summed E-state index contributed by atoms with van der Waals surface area (Å²) in [5.41, 5.74) is -4.85. The highest BCUT2D eigenvalue weighted by atomic mass is 31.2. The Hall–Kier alpha value is -9.66. The summed E-state index contributed by atoms with van der Waals surface area (Å²) >= 11 is 0. The smallest absolute Gasteiger partial charge is 0.421 e. The average molecular weight is 1200 g/mol. The number of nitrogens with zero attached hydrogens (tertiary/aromatic N) is 7. The molecule has 0 unspecified atom stereocenters. The maximum absolute atomic E-state index is 15.4. The van der Waals surface area contributed by atoms with Crippen LogP contribution in [0.2, 0.25) is 0 Å². The Morgan fingerprint density at radius 3 is 1.31 bits per heavy atom. The molecule has 6 aromatic carbocycles. The van der Waals surface area contributed by atoms with Crippen LogP contribution in [0.1, 0.15) is 53.6 Å². The lowest BCUT2D eigenvalue weighted by molar-refractivity contribution is -0.139. The van der Waals surface area contributed by atoms with Crippen molar-refractivity contribution >= 4 is 39.8 Å². The third-order valence-electron chi connectivity index (χ3n) is 12.9. The molecule has 0 N–H and O–H groups in total. The van der Waals surface area contributed by atoms with Crippen LogP contribution in [0, 0.1) is 46.2 Å². The molecule has 0 aliphatic heterocycles. The zero-order chi connectivity index (χ0) is 60.8. The maximum Gasteiger partial charge on any atom is 0.421 e. The number of rotatable bonds is 16. The maximum atomic E-state index is 15.4. The molecule has 0 saturated carbocycles. The Morgan fingerprint density at radius 2 is 0.918 bits per heavy atom. The molecule has 4 heterocycles. The fourth-order valence-corrected chi connectivity index (χ4v) is 11.3. The van der Waals surface area contributed by atoms with Gasteiger partial charge in [0.15, 0.2) is 0 Å². The van der Waals surface area contributed by atoms with Crippen LogP contribution in [-0.4, -0.2) is 35.7 Å². The van der Waals surface area contributed by atoms with Gasteiger partial charge in [-0.05, 0) is 97.8 Å². The second-order valence-electron chi connectivity index (χ2n) is 18.3. The molecule has 0 amide bonds. The fourth-order valence-electron chi connectivity index (χ4n) is 9.17. The second kappa shape index (κ2) is 25.1. The van der Waals surface area contributed by atoms with Crippen molar-refractivity contribution in [2.75, 3.05) is 6.61 Å². The molecule has 0 aliphatic rings. The molecular formula is C59H38F12N7O6P. The summed E-state index contributed by atoms with van der Waals surface area (Å²) in [7, 11) is -3.73. The zero-order valence-corrected chi connectivity index (χ0v) is 44.1. The quantitative estimate of drug-likeness (QED) is 0.0668. The predicted octanol–water partition coefficient (Wildman–Crippen LogP) is 13.9. The molecule has 0 bridgehead atoms. The van der Waals surface area contributed by atoms with Crippen LogP contribution < -0.4 is 31.2 Å². The minimum Gasteiger partial charge on any atom is -0.438 e. The highest BCUT2D eigenvalue weighted by Crippen LogP contribution is 2.46. The number of pyridine rings is 2. The third-order valence-corrected chi connectivity index (χ3v) is 15.4. The van der Waals surface area contributed by atoms with Crippen LogP contribution >= 0.6 is 7.37 Å². The van der Waals surface area contributed by atoms with Crippen molar-refractivity contribution in [2.24, 2.45) is 0 Å². The lowest BCUT2D eigenvalue weighted by atomic mass is 9.99. The van der Waals surface area contributed by atoms with Gasteiger partial charge in [0.1, 0.15) is 57.5 Å². The number of nitriles is 1. The number of fused-ring (bicyclic) bond motifs is 2. The van der Waals surface area contributed by atoms with Crippen LogP contribution in [0.3, 0.4) is 0 Å². The summed E-state index contributed by atoms with van der Waals surface area (Å²) in [4.78, 5) is 40.2. The van der Waals surface area contributed by atoms with Gasteiger partial charge in [-0.25, -0.2) is 36.3 Å². The van der Waals surface area contributed by atoms with Gasteiger partial charge in [-0.1, -0.05) is 36.4 Å². The minimum absolute atomic E-state index is 0.0619. The Kier molecular flexibility index (Phi) is 17.7. The van der Waals surface area contributed by atoms with Gasteiger partial charge in [0.25, 0.3) is 18.5 Å². The molecule has 10 rings (SSSR count). The Morgan fingerprint density at radius 1 is 0.518 bits per heavy atom. The van der Waals surface area contributed by atoms with Crippen molar-refractivity contribution in [3.05, 3.63) is 249 Å². The van der Waals surface area contributed by atoms with Crippen LogP contribution in [0.4, 0.5) is 52.7 Å². The molecule has 26 heteroatoms. The first kappa shape index (κ1) is 59.9. The number of hydrogen-bond donors (Lipinski definition) is 0. The number of ether oxygens (including phenoxy) is 2. The second-order valence-corrected chi connectivity index (χ2v) is 20.7. The number of aromatic nitrogens is 6. The largest absolute Gasteiger partial charge is 0.438 e. The summed E-state index contributed by atoms with van der Waals surface area (Å²) in [5.74, 6) is -9.03. The molecule has 0 saturated heterocycles. The Bertz CT molecular complexity index is 4230. The summed E-state index contributed by atoms with van der Waals surface area (Å²) in [6.45, 7) is -0.337. The fraction of sp³-hybridized carbons (Fsp3) is 0.136. The van der Waals surface area contributed by atoms with E-state index < -0.39 is 112 Å². The summed E-state index contributed by atoms with van der Waals surface area (Å²) < 4.78 is 202. The zero-order valence-electron chi connectivity index (χ0n) is 43.2. The van der Waals surface area contributed by atoms with Crippen LogP contribution in [0.25, 0.3) is 21.8 Å². The number of alkyl halides is 6. The number of benzene rings is 6. The molecule has 4 aromatic heterocycles. The SMILES string of the molecule is N#CCC[C@H](c1c(F)cc(F)cc1F)n1cnc(=O)c2cc(Oc3ncccc3C(F)(F)F)ccc21.O=c1ncn([C@H](CCOP(=O)(c2ccccc2)c2ccccc2)c2c(F)cc(F)cc2F)c2ccc(Oc3ncccc3C(F)(F)F)cc12. The van der Waals surface area contributed by atoms with E-state index in [0.717, 1.165) is 61.4 Å². The Balaban J connectivity index is 0.000000214. The highest BCUT2D eigenvalue weighted by Gasteiger charge is 2.37. The van der Waals surface area contributed by atoms with Gasteiger partial charge in [0.2, 0.25) is 11.8 Å². The van der Waals surface area contributed by atoms with Crippen molar-refractivity contribution in [2.45, 2.75) is 43.7 Å². The summed E-state index contributed by atoms with van der Waals surface area (Å²) in [6, 6.07) is 29.2. The third kappa shape index (κ3) is 13.3. The van der Waals surface area contributed by atoms with Crippen molar-refractivity contribution in [3.8, 4) is 29.3 Å². The van der Waals surface area contributed by atoms with E-state index in [4.69, 9.17) is 19.3 Å². The molecule has 0 radical (unpaired) electrons. The van der Waals surface area contributed by atoms with E-state index in [2.05, 4.69) is 19.9 Å². The molecule has 85 heavy (non-hydrogen) atoms. The van der Waals surface area contributed by atoms with E-state index in [-0.39, 0.29) is 59.2 Å². The van der Waals surface area contributed by atoms with Gasteiger partial charge in [-0.15, -0.1) is 0 Å². The average Bonchev–Trinajstić information content (AvgIpc) is 1.40. The topological polar surface area (TPSA) is 164 Å². The van der Waals surface area contributed by atoms with E-state index in [0.29, 0.717) is 34.9 Å². The van der Waals surface area contributed by atoms with Gasteiger partial charge >= 0.3 is 12.4 Å². The summed E-state index contributed by atoms with van der Waals surface area (Å²) in [5, 5.41) is 9.48. The first-order valence-corrected chi connectivity index (χ1v) is 26.6. The van der Waals surface area contributed by atoms with Crippen LogP contribution in [0.5, 0.6) is 23.3 Å². The van der Waals surface area contributed by atoms with E-state index in [1.54, 1.807) is 60.7 Å². The van der Waals surface area contributed by atoms with Gasteiger partial charge < -0.3 is 23.1 Å². The van der Waals surface area contributed by atoms with Gasteiger partial charge in [-0.3, -0.25) is 14.2 Å². The minimum atomic E-state index is -4.78. The molecule has 0 fully saturated rings. The lowest BCUT2D eigenvalue weighted by Crippen LogP contribution is -2.23. The molecule has 13 nitrogen and oxygen atoms in total. The first-order valence-electron chi connectivity index (χ1n) is 25.0. The lowest BCUT2D eigenvalue weighted by Gasteiger charge is -2.25. The highest BCUT2D eigenvalue weighted by molar-refractivity contribution is 7.74. The van der Waals surface area contributed by atoms with E-state index in [1.165, 1.54) is 33.4 Å². The molecule has 434 valence electrons. The molecule has 2 atom stereocenters. The van der Waals surface area contributed by atoms with E-state index >= 15 is 8.78 Å².